The molecule has 1 heterocycles. The zero-order valence-corrected chi connectivity index (χ0v) is 20.1. The second kappa shape index (κ2) is 9.64. The van der Waals surface area contributed by atoms with Crippen LogP contribution in [-0.2, 0) is 14.8 Å². The highest BCUT2D eigenvalue weighted by atomic mass is 79.9. The van der Waals surface area contributed by atoms with Crippen LogP contribution in [0.3, 0.4) is 0 Å². The number of sulfonamides is 1. The quantitative estimate of drug-likeness (QED) is 0.184. The average molecular weight is 558 g/mol. The van der Waals surface area contributed by atoms with E-state index in [0.29, 0.717) is 15.4 Å². The maximum Gasteiger partial charge on any atom is 0.285 e. The molecule has 178 valence electrons. The summed E-state index contributed by atoms with van der Waals surface area (Å²) in [4.78, 5) is 25.7. The molecule has 1 amide bonds. The SMILES string of the molecule is O=C(CN(c1ccc([N+](=O)[O-])cc1)S(=O)(=O)c1ccccc1)N=Nc1c(O)[nH]c2ccc(Br)cc12. The number of H-pyrrole nitrogens is 1. The summed E-state index contributed by atoms with van der Waals surface area (Å²) in [5.41, 5.74) is 0.369. The van der Waals surface area contributed by atoms with Crippen molar-refractivity contribution < 1.29 is 23.2 Å². The highest BCUT2D eigenvalue weighted by Gasteiger charge is 2.27. The highest BCUT2D eigenvalue weighted by Crippen LogP contribution is 2.37. The van der Waals surface area contributed by atoms with Gasteiger partial charge in [0.1, 0.15) is 6.54 Å². The van der Waals surface area contributed by atoms with Crippen LogP contribution < -0.4 is 4.31 Å². The summed E-state index contributed by atoms with van der Waals surface area (Å²) in [6, 6.07) is 17.3. The van der Waals surface area contributed by atoms with E-state index in [4.69, 9.17) is 0 Å². The molecule has 0 fully saturated rings. The van der Waals surface area contributed by atoms with Crippen molar-refractivity contribution in [2.24, 2.45) is 10.2 Å². The van der Waals surface area contributed by atoms with Crippen LogP contribution in [0.15, 0.2) is 92.4 Å². The monoisotopic (exact) mass is 557 g/mol. The summed E-state index contributed by atoms with van der Waals surface area (Å²) in [7, 11) is -4.22. The van der Waals surface area contributed by atoms with Gasteiger partial charge in [-0.25, -0.2) is 8.42 Å². The Morgan fingerprint density at radius 2 is 1.77 bits per heavy atom. The van der Waals surface area contributed by atoms with Crippen LogP contribution in [-0.4, -0.2) is 35.9 Å². The number of hydrogen-bond donors (Lipinski definition) is 2. The normalized spacial score (nSPS) is 11.7. The molecule has 1 aromatic heterocycles. The summed E-state index contributed by atoms with van der Waals surface area (Å²) in [6.45, 7) is -0.731. The lowest BCUT2D eigenvalue weighted by Gasteiger charge is -2.22. The zero-order chi connectivity index (χ0) is 25.2. The minimum atomic E-state index is -4.22. The van der Waals surface area contributed by atoms with Gasteiger partial charge >= 0.3 is 0 Å². The third-order valence-electron chi connectivity index (χ3n) is 4.93. The Hall–Kier alpha value is -4.10. The number of fused-ring (bicyclic) bond motifs is 1. The van der Waals surface area contributed by atoms with Crippen LogP contribution in [0.25, 0.3) is 10.9 Å². The number of hydrogen-bond acceptors (Lipinski definition) is 7. The number of halogens is 1. The molecule has 0 saturated carbocycles. The molecule has 35 heavy (non-hydrogen) atoms. The number of aromatic nitrogens is 1. The predicted octanol–water partition coefficient (Wildman–Crippen LogP) is 5.05. The molecule has 0 bridgehead atoms. The van der Waals surface area contributed by atoms with Crippen LogP contribution in [0.2, 0.25) is 0 Å². The van der Waals surface area contributed by atoms with Gasteiger partial charge in [-0.2, -0.15) is 0 Å². The molecule has 2 N–H and O–H groups in total. The van der Waals surface area contributed by atoms with Crippen LogP contribution >= 0.6 is 15.9 Å². The van der Waals surface area contributed by atoms with Crippen LogP contribution in [0.1, 0.15) is 0 Å². The molecule has 0 unspecified atom stereocenters. The number of azo groups is 1. The standard InChI is InChI=1S/C22H16BrN5O6S/c23-14-6-11-19-18(12-14)21(22(30)24-19)26-25-20(29)13-27(15-7-9-16(10-8-15)28(31)32)35(33,34)17-4-2-1-3-5-17/h1-12,24,30H,13H2. The largest absolute Gasteiger partial charge is 0.493 e. The fourth-order valence-corrected chi connectivity index (χ4v) is 5.07. The van der Waals surface area contributed by atoms with E-state index in [1.165, 1.54) is 36.4 Å². The van der Waals surface area contributed by atoms with Crippen molar-refractivity contribution in [2.75, 3.05) is 10.8 Å². The van der Waals surface area contributed by atoms with Gasteiger partial charge in [0.2, 0.25) is 5.88 Å². The van der Waals surface area contributed by atoms with E-state index in [1.807, 2.05) is 0 Å². The Kier molecular flexibility index (Phi) is 6.62. The van der Waals surface area contributed by atoms with Crippen molar-refractivity contribution in [3.8, 4) is 5.88 Å². The van der Waals surface area contributed by atoms with Crippen molar-refractivity contribution in [1.29, 1.82) is 0 Å². The van der Waals surface area contributed by atoms with Gasteiger partial charge in [-0.1, -0.05) is 34.1 Å². The molecule has 0 aliphatic rings. The van der Waals surface area contributed by atoms with Gasteiger partial charge in [0.15, 0.2) is 5.69 Å². The van der Waals surface area contributed by atoms with Gasteiger partial charge in [0.05, 0.1) is 21.0 Å². The first-order chi connectivity index (χ1) is 16.7. The molecule has 0 spiro atoms. The topological polar surface area (TPSA) is 158 Å². The number of non-ortho nitro benzene ring substituents is 1. The van der Waals surface area contributed by atoms with Crippen molar-refractivity contribution in [2.45, 2.75) is 4.90 Å². The predicted molar refractivity (Wildman–Crippen MR) is 131 cm³/mol. The number of aromatic amines is 1. The van der Waals surface area contributed by atoms with E-state index in [0.717, 1.165) is 16.4 Å². The lowest BCUT2D eigenvalue weighted by atomic mass is 10.2. The fourth-order valence-electron chi connectivity index (χ4n) is 3.27. The molecule has 13 heteroatoms. The first-order valence-corrected chi connectivity index (χ1v) is 12.2. The number of aromatic hydroxyl groups is 1. The Morgan fingerprint density at radius 3 is 2.43 bits per heavy atom. The highest BCUT2D eigenvalue weighted by molar-refractivity contribution is 9.10. The van der Waals surface area contributed by atoms with Gasteiger partial charge in [-0.3, -0.25) is 19.2 Å². The Balaban J connectivity index is 1.68. The number of nitrogens with zero attached hydrogens (tertiary/aromatic N) is 4. The number of benzene rings is 3. The van der Waals surface area contributed by atoms with E-state index in [-0.39, 0.29) is 27.8 Å². The molecule has 4 rings (SSSR count). The minimum Gasteiger partial charge on any atom is -0.493 e. The molecule has 0 aliphatic carbocycles. The number of carbonyl (C=O) groups excluding carboxylic acids is 1. The molecular weight excluding hydrogens is 542 g/mol. The smallest absolute Gasteiger partial charge is 0.285 e. The Labute approximate surface area is 207 Å². The van der Waals surface area contributed by atoms with E-state index in [1.54, 1.807) is 24.3 Å². The molecule has 0 radical (unpaired) electrons. The third-order valence-corrected chi connectivity index (χ3v) is 7.22. The zero-order valence-electron chi connectivity index (χ0n) is 17.7. The summed E-state index contributed by atoms with van der Waals surface area (Å²) in [5, 5.41) is 29.1. The molecular formula is C22H16BrN5O6S. The fraction of sp³-hybridized carbons (Fsp3) is 0.0455. The third kappa shape index (κ3) is 5.05. The number of anilines is 1. The number of nitrogens with one attached hydrogen (secondary N) is 1. The maximum absolute atomic E-state index is 13.3. The lowest BCUT2D eigenvalue weighted by Crippen LogP contribution is -2.35. The van der Waals surface area contributed by atoms with Gasteiger partial charge in [-0.05, 0) is 42.5 Å². The van der Waals surface area contributed by atoms with Gasteiger partial charge < -0.3 is 10.1 Å². The number of rotatable bonds is 7. The average Bonchev–Trinajstić information content (AvgIpc) is 3.15. The second-order valence-corrected chi connectivity index (χ2v) is 9.98. The van der Waals surface area contributed by atoms with Gasteiger partial charge in [0.25, 0.3) is 21.6 Å². The molecule has 4 aromatic rings. The van der Waals surface area contributed by atoms with Crippen LogP contribution in [0, 0.1) is 10.1 Å². The molecule has 0 aliphatic heterocycles. The van der Waals surface area contributed by atoms with Crippen LogP contribution in [0.5, 0.6) is 5.88 Å². The van der Waals surface area contributed by atoms with Crippen LogP contribution in [0.4, 0.5) is 17.1 Å². The summed E-state index contributed by atoms with van der Waals surface area (Å²) in [6.07, 6.45) is 0. The Bertz CT molecular complexity index is 1550. The van der Waals surface area contributed by atoms with E-state index in [9.17, 15) is 28.4 Å². The van der Waals surface area contributed by atoms with Gasteiger partial charge in [0, 0.05) is 22.0 Å². The van der Waals surface area contributed by atoms with Crippen molar-refractivity contribution in [1.82, 2.24) is 4.98 Å². The van der Waals surface area contributed by atoms with Gasteiger partial charge in [-0.15, -0.1) is 10.2 Å². The van der Waals surface area contributed by atoms with Crippen molar-refractivity contribution >= 4 is 59.8 Å². The summed E-state index contributed by atoms with van der Waals surface area (Å²) in [5.74, 6) is -1.23. The van der Waals surface area contributed by atoms with E-state index >= 15 is 0 Å². The number of nitro benzene ring substituents is 1. The Morgan fingerprint density at radius 1 is 1.09 bits per heavy atom. The molecule has 0 saturated heterocycles. The van der Waals surface area contributed by atoms with Crippen molar-refractivity contribution in [3.63, 3.8) is 0 Å². The first-order valence-electron chi connectivity index (χ1n) is 9.94. The first kappa shape index (κ1) is 24.0. The summed E-state index contributed by atoms with van der Waals surface area (Å²) >= 11 is 3.32. The second-order valence-electron chi connectivity index (χ2n) is 7.20. The van der Waals surface area contributed by atoms with E-state index < -0.39 is 27.4 Å². The van der Waals surface area contributed by atoms with E-state index in [2.05, 4.69) is 31.1 Å². The van der Waals surface area contributed by atoms with Crippen molar-refractivity contribution in [3.05, 3.63) is 87.4 Å². The lowest BCUT2D eigenvalue weighted by molar-refractivity contribution is -0.384. The summed E-state index contributed by atoms with van der Waals surface area (Å²) < 4.78 is 28.1. The maximum atomic E-state index is 13.3. The minimum absolute atomic E-state index is 0.0162. The molecule has 3 aromatic carbocycles. The number of carbonyl (C=O) groups is 1. The number of amides is 1. The molecule has 11 nitrogen and oxygen atoms in total. The molecule has 0 atom stereocenters. The number of nitro groups is 1.